The Morgan fingerprint density at radius 1 is 1.10 bits per heavy atom. The SMILES string of the molecule is CN=C(NCCc1ccccc1)NCc1cccc(NC(=O)C2CCCO2)c1.I. The van der Waals surface area contributed by atoms with Gasteiger partial charge in [0.05, 0.1) is 0 Å². The lowest BCUT2D eigenvalue weighted by molar-refractivity contribution is -0.124. The predicted molar refractivity (Wildman–Crippen MR) is 128 cm³/mol. The van der Waals surface area contributed by atoms with E-state index in [1.54, 1.807) is 7.05 Å². The molecule has 7 heteroatoms. The molecule has 1 amide bonds. The molecule has 1 aliphatic rings. The van der Waals surface area contributed by atoms with Gasteiger partial charge in [0.1, 0.15) is 6.10 Å². The van der Waals surface area contributed by atoms with Gasteiger partial charge in [-0.25, -0.2) is 0 Å². The number of halogens is 1. The van der Waals surface area contributed by atoms with Crippen molar-refractivity contribution < 1.29 is 9.53 Å². The minimum atomic E-state index is -0.325. The van der Waals surface area contributed by atoms with Crippen LogP contribution in [0.3, 0.4) is 0 Å². The number of hydrogen-bond donors (Lipinski definition) is 3. The number of hydrogen-bond acceptors (Lipinski definition) is 3. The molecule has 0 spiro atoms. The number of aliphatic imine (C=N–C) groups is 1. The summed E-state index contributed by atoms with van der Waals surface area (Å²) in [6.45, 7) is 2.09. The zero-order valence-electron chi connectivity index (χ0n) is 16.7. The molecule has 6 nitrogen and oxygen atoms in total. The van der Waals surface area contributed by atoms with E-state index >= 15 is 0 Å². The summed E-state index contributed by atoms with van der Waals surface area (Å²) in [5.74, 6) is 0.686. The number of guanidine groups is 1. The number of amides is 1. The first-order valence-electron chi connectivity index (χ1n) is 9.74. The average Bonchev–Trinajstić information content (AvgIpc) is 3.27. The highest BCUT2D eigenvalue weighted by molar-refractivity contribution is 14.0. The molecule has 2 aromatic rings. The summed E-state index contributed by atoms with van der Waals surface area (Å²) < 4.78 is 5.43. The Kier molecular flexibility index (Phi) is 9.93. The maximum absolute atomic E-state index is 12.2. The van der Waals surface area contributed by atoms with Gasteiger partial charge in [-0.3, -0.25) is 9.79 Å². The van der Waals surface area contributed by atoms with E-state index in [-0.39, 0.29) is 36.0 Å². The fourth-order valence-electron chi connectivity index (χ4n) is 3.14. The van der Waals surface area contributed by atoms with Crippen LogP contribution in [0, 0.1) is 0 Å². The quantitative estimate of drug-likeness (QED) is 0.305. The number of carbonyl (C=O) groups excluding carboxylic acids is 1. The first-order chi connectivity index (χ1) is 13.7. The van der Waals surface area contributed by atoms with Crippen LogP contribution < -0.4 is 16.0 Å². The van der Waals surface area contributed by atoms with E-state index in [9.17, 15) is 4.79 Å². The Morgan fingerprint density at radius 3 is 2.62 bits per heavy atom. The number of nitrogens with one attached hydrogen (secondary N) is 3. The lowest BCUT2D eigenvalue weighted by atomic mass is 10.1. The Labute approximate surface area is 189 Å². The van der Waals surface area contributed by atoms with Crippen LogP contribution in [-0.2, 0) is 22.5 Å². The second-order valence-electron chi connectivity index (χ2n) is 6.78. The van der Waals surface area contributed by atoms with E-state index < -0.39 is 0 Å². The van der Waals surface area contributed by atoms with Crippen LogP contribution in [0.4, 0.5) is 5.69 Å². The Morgan fingerprint density at radius 2 is 1.90 bits per heavy atom. The summed E-state index contributed by atoms with van der Waals surface area (Å²) in [7, 11) is 1.76. The van der Waals surface area contributed by atoms with Crippen LogP contribution in [0.2, 0.25) is 0 Å². The van der Waals surface area contributed by atoms with Crippen LogP contribution in [0.5, 0.6) is 0 Å². The standard InChI is InChI=1S/C22H28N4O2.HI/c1-23-22(24-13-12-17-7-3-2-4-8-17)25-16-18-9-5-10-19(15-18)26-21(27)20-11-6-14-28-20;/h2-5,7-10,15,20H,6,11-14,16H2,1H3,(H,26,27)(H2,23,24,25);1H. The Hall–Kier alpha value is -2.13. The van der Waals surface area contributed by atoms with Gasteiger partial charge in [0, 0.05) is 32.4 Å². The fraction of sp³-hybridized carbons (Fsp3) is 0.364. The van der Waals surface area contributed by atoms with Crippen LogP contribution in [-0.4, -0.2) is 38.2 Å². The fourth-order valence-corrected chi connectivity index (χ4v) is 3.14. The maximum Gasteiger partial charge on any atom is 0.253 e. The number of nitrogens with zero attached hydrogens (tertiary/aromatic N) is 1. The van der Waals surface area contributed by atoms with Gasteiger partial charge in [0.2, 0.25) is 0 Å². The highest BCUT2D eigenvalue weighted by atomic mass is 127. The first-order valence-corrected chi connectivity index (χ1v) is 9.74. The third kappa shape index (κ3) is 7.66. The Balaban J connectivity index is 0.00000300. The summed E-state index contributed by atoms with van der Waals surface area (Å²) >= 11 is 0. The van der Waals surface area contributed by atoms with Gasteiger partial charge in [-0.05, 0) is 42.5 Å². The second kappa shape index (κ2) is 12.4. The van der Waals surface area contributed by atoms with Crippen LogP contribution in [0.15, 0.2) is 59.6 Å². The molecule has 29 heavy (non-hydrogen) atoms. The van der Waals surface area contributed by atoms with Crippen LogP contribution >= 0.6 is 24.0 Å². The smallest absolute Gasteiger partial charge is 0.253 e. The van der Waals surface area contributed by atoms with Crippen LogP contribution in [0.1, 0.15) is 24.0 Å². The van der Waals surface area contributed by atoms with Crippen molar-refractivity contribution in [2.24, 2.45) is 4.99 Å². The lowest BCUT2D eigenvalue weighted by Gasteiger charge is -2.14. The van der Waals surface area contributed by atoms with Crippen molar-refractivity contribution in [1.29, 1.82) is 0 Å². The van der Waals surface area contributed by atoms with Crippen LogP contribution in [0.25, 0.3) is 0 Å². The molecular formula is C22H29IN4O2. The van der Waals surface area contributed by atoms with E-state index in [4.69, 9.17) is 4.74 Å². The van der Waals surface area contributed by atoms with Crippen molar-refractivity contribution >= 4 is 41.5 Å². The normalized spacial score (nSPS) is 16.0. The molecule has 1 saturated heterocycles. The average molecular weight is 508 g/mol. The van der Waals surface area contributed by atoms with Crippen molar-refractivity contribution in [3.8, 4) is 0 Å². The minimum Gasteiger partial charge on any atom is -0.368 e. The van der Waals surface area contributed by atoms with Crippen molar-refractivity contribution in [1.82, 2.24) is 10.6 Å². The zero-order chi connectivity index (χ0) is 19.6. The molecule has 0 aliphatic carbocycles. The van der Waals surface area contributed by atoms with Gasteiger partial charge in [-0.2, -0.15) is 0 Å². The molecule has 0 radical (unpaired) electrons. The van der Waals surface area contributed by atoms with E-state index in [0.717, 1.165) is 43.0 Å². The molecule has 156 valence electrons. The molecule has 1 aliphatic heterocycles. The molecule has 0 aromatic heterocycles. The highest BCUT2D eigenvalue weighted by Crippen LogP contribution is 2.16. The molecule has 1 atom stereocenters. The second-order valence-corrected chi connectivity index (χ2v) is 6.78. The van der Waals surface area contributed by atoms with Crippen molar-refractivity contribution in [3.63, 3.8) is 0 Å². The number of carbonyl (C=O) groups is 1. The molecule has 1 unspecified atom stereocenters. The molecule has 1 heterocycles. The number of anilines is 1. The lowest BCUT2D eigenvalue weighted by Crippen LogP contribution is -2.37. The van der Waals surface area contributed by atoms with Crippen molar-refractivity contribution in [3.05, 3.63) is 65.7 Å². The topological polar surface area (TPSA) is 74.8 Å². The summed E-state index contributed by atoms with van der Waals surface area (Å²) in [5.41, 5.74) is 3.14. The molecule has 3 N–H and O–H groups in total. The first kappa shape index (κ1) is 23.2. The third-order valence-corrected chi connectivity index (χ3v) is 4.65. The van der Waals surface area contributed by atoms with Crippen molar-refractivity contribution in [2.75, 3.05) is 25.5 Å². The molecule has 0 saturated carbocycles. The number of benzene rings is 2. The number of rotatable bonds is 7. The van der Waals surface area contributed by atoms with E-state index in [1.807, 2.05) is 42.5 Å². The van der Waals surface area contributed by atoms with E-state index in [1.165, 1.54) is 5.56 Å². The molecule has 3 rings (SSSR count). The van der Waals surface area contributed by atoms with Gasteiger partial charge in [0.15, 0.2) is 5.96 Å². The van der Waals surface area contributed by atoms with Gasteiger partial charge in [-0.15, -0.1) is 24.0 Å². The molecule has 2 aromatic carbocycles. The summed E-state index contributed by atoms with van der Waals surface area (Å²) in [5, 5.41) is 9.57. The van der Waals surface area contributed by atoms with Gasteiger partial charge < -0.3 is 20.7 Å². The highest BCUT2D eigenvalue weighted by Gasteiger charge is 2.23. The van der Waals surface area contributed by atoms with Gasteiger partial charge in [0.25, 0.3) is 5.91 Å². The summed E-state index contributed by atoms with van der Waals surface area (Å²) in [4.78, 5) is 16.5. The molecule has 1 fully saturated rings. The summed E-state index contributed by atoms with van der Waals surface area (Å²) in [6.07, 6.45) is 2.34. The third-order valence-electron chi connectivity index (χ3n) is 4.65. The monoisotopic (exact) mass is 508 g/mol. The maximum atomic E-state index is 12.2. The largest absolute Gasteiger partial charge is 0.368 e. The Bertz CT molecular complexity index is 792. The molecular weight excluding hydrogens is 479 g/mol. The summed E-state index contributed by atoms with van der Waals surface area (Å²) in [6, 6.07) is 18.2. The zero-order valence-corrected chi connectivity index (χ0v) is 19.0. The van der Waals surface area contributed by atoms with E-state index in [2.05, 4.69) is 33.1 Å². The molecule has 0 bridgehead atoms. The number of ether oxygens (including phenoxy) is 1. The predicted octanol–water partition coefficient (Wildman–Crippen LogP) is 3.33. The van der Waals surface area contributed by atoms with Gasteiger partial charge in [-0.1, -0.05) is 42.5 Å². The van der Waals surface area contributed by atoms with E-state index in [0.29, 0.717) is 13.2 Å². The van der Waals surface area contributed by atoms with Gasteiger partial charge >= 0.3 is 0 Å². The minimum absolute atomic E-state index is 0. The van der Waals surface area contributed by atoms with Crippen molar-refractivity contribution in [2.45, 2.75) is 31.9 Å².